The van der Waals surface area contributed by atoms with E-state index in [1.54, 1.807) is 37.5 Å². The fourth-order valence-corrected chi connectivity index (χ4v) is 3.38. The maximum atomic E-state index is 12.6. The molecule has 0 radical (unpaired) electrons. The minimum atomic E-state index is -0.319. The Morgan fingerprint density at radius 1 is 1.46 bits per heavy atom. The van der Waals surface area contributed by atoms with Crippen molar-refractivity contribution in [1.82, 2.24) is 19.8 Å². The fourth-order valence-electron chi connectivity index (χ4n) is 2.44. The van der Waals surface area contributed by atoms with Gasteiger partial charge in [-0.05, 0) is 18.6 Å². The number of nitrogens with one attached hydrogen (secondary N) is 1. The third kappa shape index (κ3) is 3.43. The Kier molecular flexibility index (Phi) is 4.84. The minimum absolute atomic E-state index is 0.00561. The summed E-state index contributed by atoms with van der Waals surface area (Å²) in [5.41, 5.74) is 1.16. The highest BCUT2D eigenvalue weighted by Crippen LogP contribution is 2.21. The third-order valence-electron chi connectivity index (χ3n) is 3.78. The molecular weight excluding hydrogens is 326 g/mol. The van der Waals surface area contributed by atoms with E-state index in [1.165, 1.54) is 11.8 Å². The van der Waals surface area contributed by atoms with Crippen molar-refractivity contribution in [1.29, 1.82) is 0 Å². The topological polar surface area (TPSA) is 81.7 Å². The number of rotatable bonds is 3. The molecule has 0 spiro atoms. The Morgan fingerprint density at radius 3 is 3.08 bits per heavy atom. The number of H-pyrrole nitrogens is 1. The second kappa shape index (κ2) is 7.04. The van der Waals surface area contributed by atoms with Crippen LogP contribution in [0.5, 0.6) is 0 Å². The lowest BCUT2D eigenvalue weighted by molar-refractivity contribution is -0.129. The van der Waals surface area contributed by atoms with Crippen molar-refractivity contribution < 1.29 is 9.59 Å². The van der Waals surface area contributed by atoms with E-state index in [9.17, 15) is 9.59 Å². The van der Waals surface area contributed by atoms with Crippen molar-refractivity contribution in [2.24, 2.45) is 4.99 Å². The number of nitrogens with zero attached hydrogens (tertiary/aromatic N) is 4. The average Bonchev–Trinajstić information content (AvgIpc) is 3.00. The first kappa shape index (κ1) is 16.5. The summed E-state index contributed by atoms with van der Waals surface area (Å²) >= 11 is 1.51. The molecule has 24 heavy (non-hydrogen) atoms. The van der Waals surface area contributed by atoms with Crippen molar-refractivity contribution in [3.63, 3.8) is 0 Å². The highest BCUT2D eigenvalue weighted by molar-refractivity contribution is 8.13. The molecule has 0 unspecified atom stereocenters. The first-order valence-corrected chi connectivity index (χ1v) is 8.68. The number of likely N-dealkylation sites (N-methyl/N-ethyl adjacent to an activating group) is 1. The van der Waals surface area contributed by atoms with Gasteiger partial charge in [-0.15, -0.1) is 0 Å². The third-order valence-corrected chi connectivity index (χ3v) is 4.88. The molecule has 1 aliphatic heterocycles. The Morgan fingerprint density at radius 2 is 2.29 bits per heavy atom. The van der Waals surface area contributed by atoms with Gasteiger partial charge in [0.15, 0.2) is 5.17 Å². The molecule has 1 aliphatic rings. The van der Waals surface area contributed by atoms with Gasteiger partial charge in [-0.3, -0.25) is 9.59 Å². The van der Waals surface area contributed by atoms with E-state index in [4.69, 9.17) is 0 Å². The predicted octanol–water partition coefficient (Wildman–Crippen LogP) is 1.59. The molecule has 2 aromatic heterocycles. The first-order valence-electron chi connectivity index (χ1n) is 7.69. The number of hydrogen-bond acceptors (Lipinski definition) is 4. The first-order chi connectivity index (χ1) is 11.6. The molecule has 0 aliphatic carbocycles. The number of thioether (sulfide) groups is 1. The standard InChI is InChI=1S/C16H19N5O2S/c1-20(2)13(22)10-21-7-4-8-24-16(21)19-15(23)12-9-18-14-11(12)5-3-6-17-14/h3,5-6,9H,4,7-8,10H2,1-2H3,(H,17,18)/b19-16-. The molecule has 1 fully saturated rings. The maximum absolute atomic E-state index is 12.6. The van der Waals surface area contributed by atoms with Gasteiger partial charge in [-0.1, -0.05) is 11.8 Å². The van der Waals surface area contributed by atoms with Gasteiger partial charge in [-0.25, -0.2) is 4.98 Å². The van der Waals surface area contributed by atoms with Gasteiger partial charge >= 0.3 is 0 Å². The van der Waals surface area contributed by atoms with Crippen molar-refractivity contribution in [2.75, 3.05) is 32.9 Å². The number of pyridine rings is 1. The highest BCUT2D eigenvalue weighted by atomic mass is 32.2. The summed E-state index contributed by atoms with van der Waals surface area (Å²) < 4.78 is 0. The van der Waals surface area contributed by atoms with E-state index in [-0.39, 0.29) is 18.4 Å². The van der Waals surface area contributed by atoms with Crippen LogP contribution >= 0.6 is 11.8 Å². The van der Waals surface area contributed by atoms with Crippen LogP contribution in [0.25, 0.3) is 11.0 Å². The van der Waals surface area contributed by atoms with Gasteiger partial charge in [-0.2, -0.15) is 4.99 Å². The molecule has 7 nitrogen and oxygen atoms in total. The number of aromatic nitrogens is 2. The average molecular weight is 345 g/mol. The number of amidine groups is 1. The highest BCUT2D eigenvalue weighted by Gasteiger charge is 2.22. The summed E-state index contributed by atoms with van der Waals surface area (Å²) in [5.74, 6) is 0.573. The zero-order valence-electron chi connectivity index (χ0n) is 13.7. The van der Waals surface area contributed by atoms with Gasteiger partial charge in [0.2, 0.25) is 5.91 Å². The Bertz CT molecular complexity index is 799. The molecule has 0 bridgehead atoms. The van der Waals surface area contributed by atoms with Gasteiger partial charge < -0.3 is 14.8 Å². The predicted molar refractivity (Wildman–Crippen MR) is 95.2 cm³/mol. The number of aromatic amines is 1. The largest absolute Gasteiger partial charge is 0.347 e. The number of aliphatic imine (C=N–C) groups is 1. The smallest absolute Gasteiger partial charge is 0.281 e. The quantitative estimate of drug-likeness (QED) is 0.913. The fraction of sp³-hybridized carbons (Fsp3) is 0.375. The molecule has 126 valence electrons. The zero-order valence-corrected chi connectivity index (χ0v) is 14.5. The van der Waals surface area contributed by atoms with Crippen molar-refractivity contribution in [3.05, 3.63) is 30.1 Å². The van der Waals surface area contributed by atoms with Gasteiger partial charge in [0.25, 0.3) is 5.91 Å². The van der Waals surface area contributed by atoms with E-state index >= 15 is 0 Å². The number of hydrogen-bond donors (Lipinski definition) is 1. The Labute approximate surface area is 144 Å². The Balaban J connectivity index is 1.84. The SMILES string of the molecule is CN(C)C(=O)CN1CCCS/C1=N\C(=O)c1c[nH]c2ncccc12. The van der Waals surface area contributed by atoms with Gasteiger partial charge in [0.1, 0.15) is 5.65 Å². The molecule has 2 amide bonds. The second-order valence-electron chi connectivity index (χ2n) is 5.71. The molecule has 0 saturated carbocycles. The molecule has 1 saturated heterocycles. The van der Waals surface area contributed by atoms with Crippen LogP contribution in [0.1, 0.15) is 16.8 Å². The summed E-state index contributed by atoms with van der Waals surface area (Å²) in [6.07, 6.45) is 4.27. The van der Waals surface area contributed by atoms with E-state index in [0.29, 0.717) is 16.4 Å². The Hall–Kier alpha value is -2.35. The van der Waals surface area contributed by atoms with Crippen LogP contribution in [0.15, 0.2) is 29.5 Å². The summed E-state index contributed by atoms with van der Waals surface area (Å²) in [6.45, 7) is 0.968. The van der Waals surface area contributed by atoms with E-state index in [1.807, 2.05) is 11.0 Å². The molecule has 3 rings (SSSR count). The van der Waals surface area contributed by atoms with Crippen LogP contribution in [-0.2, 0) is 4.79 Å². The van der Waals surface area contributed by atoms with E-state index < -0.39 is 0 Å². The minimum Gasteiger partial charge on any atom is -0.347 e. The summed E-state index contributed by atoms with van der Waals surface area (Å²) in [6, 6.07) is 3.63. The number of amides is 2. The lowest BCUT2D eigenvalue weighted by Crippen LogP contribution is -2.42. The molecule has 1 N–H and O–H groups in total. The van der Waals surface area contributed by atoms with Gasteiger partial charge in [0.05, 0.1) is 12.1 Å². The zero-order chi connectivity index (χ0) is 17.1. The van der Waals surface area contributed by atoms with Crippen LogP contribution in [0, 0.1) is 0 Å². The van der Waals surface area contributed by atoms with Crippen LogP contribution in [0.3, 0.4) is 0 Å². The van der Waals surface area contributed by atoms with Crippen LogP contribution in [0.4, 0.5) is 0 Å². The van der Waals surface area contributed by atoms with Crippen molar-refractivity contribution in [3.8, 4) is 0 Å². The second-order valence-corrected chi connectivity index (χ2v) is 6.78. The number of carbonyl (C=O) groups excluding carboxylic acids is 2. The van der Waals surface area contributed by atoms with Crippen molar-refractivity contribution in [2.45, 2.75) is 6.42 Å². The van der Waals surface area contributed by atoms with Crippen LogP contribution in [0.2, 0.25) is 0 Å². The number of carbonyl (C=O) groups is 2. The molecule has 2 aromatic rings. The van der Waals surface area contributed by atoms with Crippen LogP contribution in [-0.4, -0.2) is 69.7 Å². The summed E-state index contributed by atoms with van der Waals surface area (Å²) in [4.78, 5) is 39.4. The molecule has 8 heteroatoms. The molecule has 0 aromatic carbocycles. The molecular formula is C16H19N5O2S. The lowest BCUT2D eigenvalue weighted by Gasteiger charge is -2.29. The normalized spacial score (nSPS) is 16.6. The van der Waals surface area contributed by atoms with Gasteiger partial charge in [0, 0.05) is 44.2 Å². The summed E-state index contributed by atoms with van der Waals surface area (Å²) in [7, 11) is 3.45. The molecule has 3 heterocycles. The summed E-state index contributed by atoms with van der Waals surface area (Å²) in [5, 5.41) is 1.36. The van der Waals surface area contributed by atoms with E-state index in [0.717, 1.165) is 24.1 Å². The van der Waals surface area contributed by atoms with Crippen molar-refractivity contribution >= 4 is 39.8 Å². The monoisotopic (exact) mass is 345 g/mol. The number of fused-ring (bicyclic) bond motifs is 1. The maximum Gasteiger partial charge on any atom is 0.281 e. The lowest BCUT2D eigenvalue weighted by atomic mass is 10.2. The van der Waals surface area contributed by atoms with Crippen LogP contribution < -0.4 is 0 Å². The molecule has 0 atom stereocenters. The van der Waals surface area contributed by atoms with E-state index in [2.05, 4.69) is 15.0 Å².